The van der Waals surface area contributed by atoms with Crippen LogP contribution < -0.4 is 9.47 Å². The highest BCUT2D eigenvalue weighted by Gasteiger charge is 2.45. The molecule has 0 bridgehead atoms. The van der Waals surface area contributed by atoms with Crippen molar-refractivity contribution in [1.29, 1.82) is 0 Å². The lowest BCUT2D eigenvalue weighted by molar-refractivity contribution is -0.223. The van der Waals surface area contributed by atoms with Crippen LogP contribution in [0.1, 0.15) is 74.8 Å². The molecule has 0 atom stereocenters. The van der Waals surface area contributed by atoms with Crippen LogP contribution >= 0.6 is 0 Å². The summed E-state index contributed by atoms with van der Waals surface area (Å²) in [6, 6.07) is 5.27. The van der Waals surface area contributed by atoms with Gasteiger partial charge in [0.2, 0.25) is 0 Å². The average Bonchev–Trinajstić information content (AvgIpc) is 2.91. The molecule has 2 aromatic rings. The molecule has 0 heterocycles. The summed E-state index contributed by atoms with van der Waals surface area (Å²) < 4.78 is 120. The Morgan fingerprint density at radius 2 is 1.29 bits per heavy atom. The van der Waals surface area contributed by atoms with Crippen LogP contribution in [-0.4, -0.2) is 12.7 Å². The van der Waals surface area contributed by atoms with E-state index in [0.29, 0.717) is 43.1 Å². The third-order valence-electron chi connectivity index (χ3n) is 8.23. The number of halogens is 8. The quantitative estimate of drug-likeness (QED) is 0.153. The molecule has 2 nitrogen and oxygen atoms in total. The molecule has 0 aliphatic heterocycles. The molecule has 2 saturated carbocycles. The lowest BCUT2D eigenvalue weighted by Gasteiger charge is -2.33. The highest BCUT2D eigenvalue weighted by atomic mass is 19.4. The molecule has 0 aromatic heterocycles. The Labute approximate surface area is 240 Å². The Morgan fingerprint density at radius 1 is 0.738 bits per heavy atom. The van der Waals surface area contributed by atoms with Crippen molar-refractivity contribution in [2.24, 2.45) is 17.8 Å². The van der Waals surface area contributed by atoms with Gasteiger partial charge in [-0.3, -0.25) is 0 Å². The lowest BCUT2D eigenvalue weighted by Crippen LogP contribution is -2.37. The maximum absolute atomic E-state index is 14.7. The summed E-state index contributed by atoms with van der Waals surface area (Å²) in [4.78, 5) is 0. The Balaban J connectivity index is 1.24. The number of benzene rings is 2. The molecule has 0 N–H and O–H groups in total. The van der Waals surface area contributed by atoms with Gasteiger partial charge in [-0.15, -0.1) is 6.58 Å². The van der Waals surface area contributed by atoms with Gasteiger partial charge in [-0.1, -0.05) is 24.3 Å². The molecule has 42 heavy (non-hydrogen) atoms. The fraction of sp³-hybridized carbons (Fsp3) is 0.500. The van der Waals surface area contributed by atoms with E-state index in [9.17, 15) is 35.1 Å². The summed E-state index contributed by atoms with van der Waals surface area (Å²) in [6.07, 6.45) is 2.04. The standard InChI is InChI=1S/C32H34F8O2/c1-2-3-16-41-24-14-15-26(27(33)17-24)22-10-6-20(7-11-22)4-5-21-8-12-23(13-9-21)32(39,40)42-25-18-28(34)30(29(35)19-25)31(36,37)38/h2,4-5,14-15,17-23H,1,3,6-13,16H2/b5-4+. The summed E-state index contributed by atoms with van der Waals surface area (Å²) in [5, 5.41) is 0. The Kier molecular flexibility index (Phi) is 10.3. The number of ether oxygens (including phenoxy) is 2. The number of alkyl halides is 5. The van der Waals surface area contributed by atoms with Gasteiger partial charge in [0.15, 0.2) is 0 Å². The first kappa shape index (κ1) is 31.9. The van der Waals surface area contributed by atoms with Gasteiger partial charge in [0.25, 0.3) is 0 Å². The molecule has 0 unspecified atom stereocenters. The Morgan fingerprint density at radius 3 is 1.81 bits per heavy atom. The van der Waals surface area contributed by atoms with Gasteiger partial charge in [0, 0.05) is 18.2 Å². The molecular formula is C32H34F8O2. The SMILES string of the molecule is C=CCCOc1ccc(C2CCC(/C=C/C3CCC(C(F)(F)Oc4cc(F)c(C(F)(F)F)c(F)c4)CC3)CC2)c(F)c1. The maximum Gasteiger partial charge on any atom is 0.422 e. The van der Waals surface area contributed by atoms with Gasteiger partial charge in [-0.25, -0.2) is 13.2 Å². The second-order valence-electron chi connectivity index (χ2n) is 11.1. The summed E-state index contributed by atoms with van der Waals surface area (Å²) >= 11 is 0. The number of allylic oxidation sites excluding steroid dienone is 2. The van der Waals surface area contributed by atoms with Gasteiger partial charge in [0.1, 0.15) is 34.5 Å². The highest BCUT2D eigenvalue weighted by molar-refractivity contribution is 5.33. The van der Waals surface area contributed by atoms with E-state index in [1.807, 2.05) is 0 Å². The number of rotatable bonds is 10. The van der Waals surface area contributed by atoms with Crippen molar-refractivity contribution < 1.29 is 44.6 Å². The zero-order valence-corrected chi connectivity index (χ0v) is 23.0. The minimum Gasteiger partial charge on any atom is -0.493 e. The molecule has 0 amide bonds. The van der Waals surface area contributed by atoms with Crippen LogP contribution in [0.3, 0.4) is 0 Å². The van der Waals surface area contributed by atoms with Crippen molar-refractivity contribution in [3.05, 3.63) is 83.7 Å². The van der Waals surface area contributed by atoms with Crippen molar-refractivity contribution in [3.8, 4) is 11.5 Å². The molecule has 2 aliphatic rings. The van der Waals surface area contributed by atoms with E-state index >= 15 is 0 Å². The van der Waals surface area contributed by atoms with Crippen LogP contribution in [0.25, 0.3) is 0 Å². The zero-order valence-electron chi connectivity index (χ0n) is 23.0. The Bertz CT molecular complexity index is 1220. The van der Waals surface area contributed by atoms with Crippen LogP contribution in [0.15, 0.2) is 55.1 Å². The molecule has 4 rings (SSSR count). The van der Waals surface area contributed by atoms with Crippen LogP contribution in [0.5, 0.6) is 11.5 Å². The van der Waals surface area contributed by atoms with E-state index in [-0.39, 0.29) is 42.6 Å². The third kappa shape index (κ3) is 8.07. The van der Waals surface area contributed by atoms with E-state index in [1.165, 1.54) is 6.07 Å². The van der Waals surface area contributed by atoms with Crippen molar-refractivity contribution in [1.82, 2.24) is 0 Å². The van der Waals surface area contributed by atoms with Crippen molar-refractivity contribution in [2.45, 2.75) is 76.0 Å². The summed E-state index contributed by atoms with van der Waals surface area (Å²) in [7, 11) is 0. The van der Waals surface area contributed by atoms with Crippen LogP contribution in [0.4, 0.5) is 35.1 Å². The first-order chi connectivity index (χ1) is 19.9. The van der Waals surface area contributed by atoms with Crippen LogP contribution in [0.2, 0.25) is 0 Å². The van der Waals surface area contributed by atoms with Gasteiger partial charge >= 0.3 is 12.3 Å². The van der Waals surface area contributed by atoms with E-state index in [0.717, 1.165) is 25.7 Å². The molecule has 2 aliphatic carbocycles. The first-order valence-corrected chi connectivity index (χ1v) is 14.2. The lowest BCUT2D eigenvalue weighted by atomic mass is 9.77. The van der Waals surface area contributed by atoms with Crippen LogP contribution in [0, 0.1) is 35.2 Å². The highest BCUT2D eigenvalue weighted by Crippen LogP contribution is 2.43. The summed E-state index contributed by atoms with van der Waals surface area (Å²) in [5.41, 5.74) is -1.46. The topological polar surface area (TPSA) is 18.5 Å². The average molecular weight is 603 g/mol. The maximum atomic E-state index is 14.7. The molecule has 230 valence electrons. The second kappa shape index (κ2) is 13.5. The smallest absolute Gasteiger partial charge is 0.422 e. The third-order valence-corrected chi connectivity index (χ3v) is 8.23. The van der Waals surface area contributed by atoms with Crippen molar-refractivity contribution in [2.75, 3.05) is 6.61 Å². The normalized spacial score (nSPS) is 23.6. The fourth-order valence-electron chi connectivity index (χ4n) is 5.89. The summed E-state index contributed by atoms with van der Waals surface area (Å²) in [6.45, 7) is 4.08. The monoisotopic (exact) mass is 602 g/mol. The van der Waals surface area contributed by atoms with Crippen molar-refractivity contribution in [3.63, 3.8) is 0 Å². The molecular weight excluding hydrogens is 568 g/mol. The van der Waals surface area contributed by atoms with Gasteiger partial charge in [0.05, 0.1) is 12.5 Å². The Hall–Kier alpha value is -3.04. The largest absolute Gasteiger partial charge is 0.493 e. The molecule has 2 fully saturated rings. The predicted octanol–water partition coefficient (Wildman–Crippen LogP) is 10.4. The molecule has 0 radical (unpaired) electrons. The van der Waals surface area contributed by atoms with E-state index in [2.05, 4.69) is 23.5 Å². The molecule has 10 heteroatoms. The van der Waals surface area contributed by atoms with E-state index < -0.39 is 41.2 Å². The zero-order chi connectivity index (χ0) is 30.5. The number of hydrogen-bond donors (Lipinski definition) is 0. The minimum absolute atomic E-state index is 0.0850. The van der Waals surface area contributed by atoms with Gasteiger partial charge < -0.3 is 9.47 Å². The predicted molar refractivity (Wildman–Crippen MR) is 143 cm³/mol. The molecule has 0 spiro atoms. The van der Waals surface area contributed by atoms with E-state index in [4.69, 9.17) is 4.74 Å². The van der Waals surface area contributed by atoms with Crippen LogP contribution in [-0.2, 0) is 6.18 Å². The molecule has 0 saturated heterocycles. The fourth-order valence-corrected chi connectivity index (χ4v) is 5.89. The summed E-state index contributed by atoms with van der Waals surface area (Å²) in [5.74, 6) is -5.49. The number of hydrogen-bond acceptors (Lipinski definition) is 2. The second-order valence-corrected chi connectivity index (χ2v) is 11.1. The van der Waals surface area contributed by atoms with Gasteiger partial charge in [-0.2, -0.15) is 22.0 Å². The first-order valence-electron chi connectivity index (χ1n) is 14.2. The van der Waals surface area contributed by atoms with Crippen molar-refractivity contribution >= 4 is 0 Å². The molecule has 2 aromatic carbocycles. The minimum atomic E-state index is -5.30. The van der Waals surface area contributed by atoms with Gasteiger partial charge in [-0.05, 0) is 87.2 Å². The van der Waals surface area contributed by atoms with E-state index in [1.54, 1.807) is 18.2 Å².